The van der Waals surface area contributed by atoms with Gasteiger partial charge in [0.1, 0.15) is 6.61 Å². The maximum absolute atomic E-state index is 10.9. The van der Waals surface area contributed by atoms with E-state index in [9.17, 15) is 19.2 Å². The molecule has 1 atom stereocenters. The molecule has 0 aromatic heterocycles. The van der Waals surface area contributed by atoms with Crippen molar-refractivity contribution in [2.75, 3.05) is 19.8 Å². The quantitative estimate of drug-likeness (QED) is 0.0761. The van der Waals surface area contributed by atoms with Crippen molar-refractivity contribution in [3.8, 4) is 0 Å². The van der Waals surface area contributed by atoms with Gasteiger partial charge < -0.3 is 19.3 Å². The van der Waals surface area contributed by atoms with Crippen molar-refractivity contribution >= 4 is 23.9 Å². The Morgan fingerprint density at radius 1 is 0.857 bits per heavy atom. The summed E-state index contributed by atoms with van der Waals surface area (Å²) in [5.74, 6) is -1.92. The smallest absolute Gasteiger partial charge is 0.337 e. The van der Waals surface area contributed by atoms with Gasteiger partial charge in [-0.05, 0) is 24.8 Å². The third kappa shape index (κ3) is 28.5. The molecule has 0 aromatic rings. The van der Waals surface area contributed by atoms with E-state index < -0.39 is 11.9 Å². The van der Waals surface area contributed by atoms with E-state index in [-0.39, 0.29) is 24.1 Å². The number of aliphatic carboxylic acids is 1. The summed E-state index contributed by atoms with van der Waals surface area (Å²) in [5.41, 5.74) is -0.00995. The molecule has 35 heavy (non-hydrogen) atoms. The molecule has 0 heterocycles. The summed E-state index contributed by atoms with van der Waals surface area (Å²) in [6.07, 6.45) is 12.3. The van der Waals surface area contributed by atoms with Crippen molar-refractivity contribution in [3.05, 3.63) is 62.3 Å². The van der Waals surface area contributed by atoms with E-state index in [1.54, 1.807) is 0 Å². The van der Waals surface area contributed by atoms with Crippen LogP contribution in [-0.4, -0.2) is 48.8 Å². The van der Waals surface area contributed by atoms with Crippen molar-refractivity contribution in [2.24, 2.45) is 5.92 Å². The first-order valence-electron chi connectivity index (χ1n) is 11.6. The second-order valence-corrected chi connectivity index (χ2v) is 7.06. The number of hydrogen-bond donors (Lipinski definition) is 1. The highest BCUT2D eigenvalue weighted by Crippen LogP contribution is 2.12. The van der Waals surface area contributed by atoms with Gasteiger partial charge >= 0.3 is 23.9 Å². The number of carbonyl (C=O) groups is 4. The predicted octanol–water partition coefficient (Wildman–Crippen LogP) is 5.36. The Labute approximate surface area is 210 Å². The van der Waals surface area contributed by atoms with Crippen LogP contribution in [0.4, 0.5) is 0 Å². The van der Waals surface area contributed by atoms with Crippen LogP contribution in [0.15, 0.2) is 62.3 Å². The van der Waals surface area contributed by atoms with Crippen molar-refractivity contribution < 1.29 is 38.5 Å². The van der Waals surface area contributed by atoms with Crippen LogP contribution in [0.25, 0.3) is 0 Å². The number of ether oxygens (including phenoxy) is 3. The lowest BCUT2D eigenvalue weighted by Gasteiger charge is -2.13. The van der Waals surface area contributed by atoms with Crippen molar-refractivity contribution in [1.29, 1.82) is 0 Å². The summed E-state index contributed by atoms with van der Waals surface area (Å²) < 4.78 is 14.2. The highest BCUT2D eigenvalue weighted by molar-refractivity contribution is 5.93. The number of hydrogen-bond acceptors (Lipinski definition) is 7. The Morgan fingerprint density at radius 2 is 1.43 bits per heavy atom. The van der Waals surface area contributed by atoms with Crippen LogP contribution in [-0.2, 0) is 33.4 Å². The maximum Gasteiger partial charge on any atom is 0.337 e. The molecule has 0 spiro atoms. The third-order valence-corrected chi connectivity index (χ3v) is 4.10. The summed E-state index contributed by atoms with van der Waals surface area (Å²) in [6, 6.07) is 0. The number of unbranched alkanes of at least 4 members (excludes halogenated alkanes) is 2. The Morgan fingerprint density at radius 3 is 1.89 bits per heavy atom. The lowest BCUT2D eigenvalue weighted by Crippen LogP contribution is -2.12. The number of rotatable bonds is 16. The molecule has 0 bridgehead atoms. The standard InChI is InChI=1S/C11H20O2.C9H10O4.C7H12O2/c1-4-7-8-10(5-2)9-13-11(12)6-3;1-3-6-13-9(12)7(2)4-5-8(10)11;1-3-5-6-9-7(8)4-2/h6,10H,3-5,7-9H2,1-2H3;3-5H,1-2,6H2,(H,10,11);4H,2-3,5-6H2,1H3. The molecule has 8 heteroatoms. The number of carboxylic acids is 1. The summed E-state index contributed by atoms with van der Waals surface area (Å²) in [5, 5.41) is 8.22. The largest absolute Gasteiger partial charge is 0.478 e. The Bertz CT molecular complexity index is 691. The zero-order chi connectivity index (χ0) is 27.5. The lowest BCUT2D eigenvalue weighted by atomic mass is 10.0. The first kappa shape index (κ1) is 36.2. The second-order valence-electron chi connectivity index (χ2n) is 7.06. The van der Waals surface area contributed by atoms with E-state index in [0.717, 1.165) is 37.8 Å². The van der Waals surface area contributed by atoms with Crippen LogP contribution in [0, 0.1) is 5.92 Å². The van der Waals surface area contributed by atoms with Gasteiger partial charge in [-0.15, -0.1) is 0 Å². The fraction of sp³-hybridized carbons (Fsp3) is 0.481. The highest BCUT2D eigenvalue weighted by atomic mass is 16.5. The topological polar surface area (TPSA) is 116 Å². The van der Waals surface area contributed by atoms with Crippen molar-refractivity contribution in [1.82, 2.24) is 0 Å². The molecule has 0 aromatic carbocycles. The highest BCUT2D eigenvalue weighted by Gasteiger charge is 2.07. The lowest BCUT2D eigenvalue weighted by molar-refractivity contribution is -0.139. The molecule has 0 saturated carbocycles. The molecule has 198 valence electrons. The molecule has 8 nitrogen and oxygen atoms in total. The SMILES string of the molecule is C=CC(=O)OCC(CC)CCCC.C=CC(=O)OCCCC.C=CCOC(=O)C(=C)C=CC(=O)O. The van der Waals surface area contributed by atoms with Gasteiger partial charge in [-0.3, -0.25) is 0 Å². The summed E-state index contributed by atoms with van der Waals surface area (Å²) in [4.78, 5) is 42.1. The Balaban J connectivity index is -0.000000448. The summed E-state index contributed by atoms with van der Waals surface area (Å²) in [6.45, 7) is 20.8. The van der Waals surface area contributed by atoms with Gasteiger partial charge in [0.2, 0.25) is 0 Å². The van der Waals surface area contributed by atoms with Gasteiger partial charge in [0.15, 0.2) is 0 Å². The maximum atomic E-state index is 10.9. The fourth-order valence-electron chi connectivity index (χ4n) is 2.00. The normalized spacial score (nSPS) is 10.3. The molecule has 0 rings (SSSR count). The van der Waals surface area contributed by atoms with E-state index in [2.05, 4.69) is 49.6 Å². The van der Waals surface area contributed by atoms with Gasteiger partial charge in [-0.1, -0.05) is 78.8 Å². The zero-order valence-electron chi connectivity index (χ0n) is 21.5. The number of carbonyl (C=O) groups excluding carboxylic acids is 3. The van der Waals surface area contributed by atoms with Crippen molar-refractivity contribution in [3.63, 3.8) is 0 Å². The molecule has 1 N–H and O–H groups in total. The van der Waals surface area contributed by atoms with Crippen LogP contribution < -0.4 is 0 Å². The first-order chi connectivity index (χ1) is 16.6. The van der Waals surface area contributed by atoms with Crippen LogP contribution in [0.1, 0.15) is 59.3 Å². The molecule has 0 radical (unpaired) electrons. The van der Waals surface area contributed by atoms with Gasteiger partial charge in [0.05, 0.1) is 18.8 Å². The second kappa shape index (κ2) is 26.8. The van der Waals surface area contributed by atoms with E-state index in [1.165, 1.54) is 31.1 Å². The van der Waals surface area contributed by atoms with E-state index in [1.807, 2.05) is 6.92 Å². The molecule has 0 aliphatic carbocycles. The first-order valence-corrected chi connectivity index (χ1v) is 11.6. The van der Waals surface area contributed by atoms with Crippen LogP contribution >= 0.6 is 0 Å². The molecule has 0 fully saturated rings. The molecule has 1 unspecified atom stereocenters. The van der Waals surface area contributed by atoms with Gasteiger partial charge in [-0.2, -0.15) is 0 Å². The Hall–Kier alpha value is -3.42. The monoisotopic (exact) mass is 494 g/mol. The summed E-state index contributed by atoms with van der Waals surface area (Å²) in [7, 11) is 0. The predicted molar refractivity (Wildman–Crippen MR) is 138 cm³/mol. The zero-order valence-corrected chi connectivity index (χ0v) is 21.5. The summed E-state index contributed by atoms with van der Waals surface area (Å²) >= 11 is 0. The van der Waals surface area contributed by atoms with E-state index >= 15 is 0 Å². The van der Waals surface area contributed by atoms with Crippen molar-refractivity contribution in [2.45, 2.75) is 59.3 Å². The number of esters is 3. The molecule has 0 aliphatic rings. The van der Waals surface area contributed by atoms with Crippen LogP contribution in [0.5, 0.6) is 0 Å². The molecule has 0 amide bonds. The third-order valence-electron chi connectivity index (χ3n) is 4.10. The van der Waals surface area contributed by atoms with Gasteiger partial charge in [0, 0.05) is 18.2 Å². The van der Waals surface area contributed by atoms with Gasteiger partial charge in [-0.25, -0.2) is 19.2 Å². The minimum atomic E-state index is -1.14. The average Bonchev–Trinajstić information content (AvgIpc) is 2.86. The Kier molecular flexibility index (Phi) is 27.7. The van der Waals surface area contributed by atoms with Crippen LogP contribution in [0.3, 0.4) is 0 Å². The minimum Gasteiger partial charge on any atom is -0.478 e. The van der Waals surface area contributed by atoms with Crippen LogP contribution in [0.2, 0.25) is 0 Å². The minimum absolute atomic E-state index is 0.00995. The molecular weight excluding hydrogens is 452 g/mol. The van der Waals surface area contributed by atoms with Gasteiger partial charge in [0.25, 0.3) is 0 Å². The van der Waals surface area contributed by atoms with E-state index in [0.29, 0.717) is 19.1 Å². The van der Waals surface area contributed by atoms with E-state index in [4.69, 9.17) is 9.84 Å². The molecular formula is C27H42O8. The fourth-order valence-corrected chi connectivity index (χ4v) is 2.00. The number of carboxylic acid groups (broad SMARTS) is 1. The average molecular weight is 495 g/mol. The molecule has 0 saturated heterocycles. The molecule has 0 aliphatic heterocycles.